The third kappa shape index (κ3) is 1.55. The smallest absolute Gasteiger partial charge is 0.259 e. The Morgan fingerprint density at radius 3 is 2.89 bits per heavy atom. The lowest BCUT2D eigenvalue weighted by Crippen LogP contribution is -2.56. The molecule has 0 spiro atoms. The Balaban J connectivity index is 1.81. The molecule has 1 N–H and O–H groups in total. The van der Waals surface area contributed by atoms with Crippen LogP contribution in [0.2, 0.25) is 0 Å². The molecule has 4 atom stereocenters. The Kier molecular flexibility index (Phi) is 2.12. The van der Waals surface area contributed by atoms with Gasteiger partial charge in [-0.15, -0.1) is 0 Å². The van der Waals surface area contributed by atoms with Crippen molar-refractivity contribution >= 4 is 5.78 Å². The van der Waals surface area contributed by atoms with Crippen molar-refractivity contribution in [3.05, 3.63) is 11.3 Å². The van der Waals surface area contributed by atoms with E-state index in [0.717, 1.165) is 5.57 Å². The summed E-state index contributed by atoms with van der Waals surface area (Å²) in [5.74, 6) is -0.725. The number of hydrogen-bond donors (Lipinski definition) is 1. The molecule has 4 aliphatic rings. The second-order valence-corrected chi connectivity index (χ2v) is 6.88. The van der Waals surface area contributed by atoms with Gasteiger partial charge in [-0.05, 0) is 5.41 Å². The topological polar surface area (TPSA) is 65.0 Å². The molecule has 4 rings (SSSR count). The summed E-state index contributed by atoms with van der Waals surface area (Å²) >= 11 is 0. The first-order valence-corrected chi connectivity index (χ1v) is 6.83. The Labute approximate surface area is 111 Å². The number of aliphatic hydroxyl groups is 1. The summed E-state index contributed by atoms with van der Waals surface area (Å²) in [6.45, 7) is 4.52. The highest BCUT2D eigenvalue weighted by Crippen LogP contribution is 2.52. The molecular weight excluding hydrogens is 248 g/mol. The van der Waals surface area contributed by atoms with Gasteiger partial charge in [0.1, 0.15) is 5.76 Å². The third-order valence-corrected chi connectivity index (χ3v) is 4.59. The summed E-state index contributed by atoms with van der Waals surface area (Å²) in [7, 11) is 0. The molecule has 19 heavy (non-hydrogen) atoms. The maximum Gasteiger partial charge on any atom is 0.259 e. The van der Waals surface area contributed by atoms with Gasteiger partial charge in [0.15, 0.2) is 5.78 Å². The Bertz CT molecular complexity index is 494. The zero-order valence-electron chi connectivity index (χ0n) is 11.1. The summed E-state index contributed by atoms with van der Waals surface area (Å²) in [5.41, 5.74) is 0.622. The van der Waals surface area contributed by atoms with Crippen LogP contribution >= 0.6 is 0 Å². The number of carbonyl (C=O) groups is 1. The minimum absolute atomic E-state index is 0.0869. The molecule has 4 bridgehead atoms. The van der Waals surface area contributed by atoms with Crippen molar-refractivity contribution in [2.75, 3.05) is 6.61 Å². The maximum absolute atomic E-state index is 12.4. The van der Waals surface area contributed by atoms with Crippen molar-refractivity contribution in [2.24, 2.45) is 11.3 Å². The molecule has 1 aliphatic carbocycles. The van der Waals surface area contributed by atoms with E-state index in [0.29, 0.717) is 31.6 Å². The zero-order chi connectivity index (χ0) is 13.4. The molecule has 2 fully saturated rings. The van der Waals surface area contributed by atoms with E-state index in [1.165, 1.54) is 0 Å². The van der Waals surface area contributed by atoms with Crippen LogP contribution in [-0.2, 0) is 19.0 Å². The van der Waals surface area contributed by atoms with Gasteiger partial charge < -0.3 is 19.3 Å². The van der Waals surface area contributed by atoms with E-state index in [1.807, 2.05) is 13.8 Å². The molecular formula is C14H18O5. The maximum atomic E-state index is 12.4. The highest BCUT2D eigenvalue weighted by molar-refractivity contribution is 5.98. The summed E-state index contributed by atoms with van der Waals surface area (Å²) in [6.07, 6.45) is 0.771. The summed E-state index contributed by atoms with van der Waals surface area (Å²) in [4.78, 5) is 12.4. The van der Waals surface area contributed by atoms with E-state index >= 15 is 0 Å². The second-order valence-electron chi connectivity index (χ2n) is 6.88. The molecule has 0 radical (unpaired) electrons. The van der Waals surface area contributed by atoms with Gasteiger partial charge in [-0.3, -0.25) is 4.79 Å². The average Bonchev–Trinajstić information content (AvgIpc) is 2.70. The summed E-state index contributed by atoms with van der Waals surface area (Å²) in [5, 5.41) is 10.6. The van der Waals surface area contributed by atoms with Crippen LogP contribution in [-0.4, -0.2) is 35.7 Å². The lowest BCUT2D eigenvalue weighted by molar-refractivity contribution is -0.331. The lowest BCUT2D eigenvalue weighted by atomic mass is 9.70. The molecule has 5 nitrogen and oxygen atoms in total. The lowest BCUT2D eigenvalue weighted by Gasteiger charge is -2.48. The highest BCUT2D eigenvalue weighted by Gasteiger charge is 2.60. The van der Waals surface area contributed by atoms with E-state index in [1.54, 1.807) is 0 Å². The summed E-state index contributed by atoms with van der Waals surface area (Å²) in [6, 6.07) is 0. The highest BCUT2D eigenvalue weighted by atomic mass is 16.8. The van der Waals surface area contributed by atoms with Gasteiger partial charge in [-0.1, -0.05) is 13.8 Å². The first-order chi connectivity index (χ1) is 8.88. The Hall–Kier alpha value is -0.910. The second kappa shape index (κ2) is 3.40. The number of ketones is 1. The minimum atomic E-state index is -1.43. The predicted molar refractivity (Wildman–Crippen MR) is 63.8 cm³/mol. The van der Waals surface area contributed by atoms with E-state index < -0.39 is 12.1 Å². The zero-order valence-corrected chi connectivity index (χ0v) is 11.1. The van der Waals surface area contributed by atoms with Crippen LogP contribution in [0.15, 0.2) is 11.3 Å². The third-order valence-electron chi connectivity index (χ3n) is 4.59. The van der Waals surface area contributed by atoms with Gasteiger partial charge in [0.2, 0.25) is 6.29 Å². The molecule has 3 heterocycles. The largest absolute Gasteiger partial charge is 0.461 e. The van der Waals surface area contributed by atoms with Crippen LogP contribution in [0, 0.1) is 11.3 Å². The van der Waals surface area contributed by atoms with Crippen molar-refractivity contribution in [3.8, 4) is 0 Å². The number of hydrogen-bond acceptors (Lipinski definition) is 5. The van der Waals surface area contributed by atoms with Gasteiger partial charge in [-0.2, -0.15) is 0 Å². The first kappa shape index (κ1) is 11.9. The number of fused-ring (bicyclic) bond motifs is 7. The molecule has 0 saturated carbocycles. The number of allylic oxidation sites excluding steroid dienone is 1. The van der Waals surface area contributed by atoms with Gasteiger partial charge >= 0.3 is 0 Å². The van der Waals surface area contributed by atoms with E-state index in [4.69, 9.17) is 14.2 Å². The molecule has 0 unspecified atom stereocenters. The molecule has 0 amide bonds. The van der Waals surface area contributed by atoms with Crippen LogP contribution in [0.5, 0.6) is 0 Å². The van der Waals surface area contributed by atoms with Crippen LogP contribution in [0.4, 0.5) is 0 Å². The fraction of sp³-hybridized carbons (Fsp3) is 0.786. The molecule has 104 valence electrons. The monoisotopic (exact) mass is 266 g/mol. The average molecular weight is 266 g/mol. The van der Waals surface area contributed by atoms with Crippen molar-refractivity contribution in [1.29, 1.82) is 0 Å². The molecule has 5 heteroatoms. The SMILES string of the molecule is CC1(C)CC(=O)C2=C(C1)O[C@@]1(O)C[C@@H]2[C@@H]2CO[C@H]1O2. The number of Topliss-reactive ketones (excluding diaryl/α,β-unsaturated/α-hetero) is 1. The van der Waals surface area contributed by atoms with Gasteiger partial charge in [0.05, 0.1) is 12.7 Å². The fourth-order valence-electron chi connectivity index (χ4n) is 3.78. The fourth-order valence-corrected chi connectivity index (χ4v) is 3.78. The Morgan fingerprint density at radius 2 is 2.11 bits per heavy atom. The van der Waals surface area contributed by atoms with Crippen molar-refractivity contribution in [1.82, 2.24) is 0 Å². The quantitative estimate of drug-likeness (QED) is 0.711. The van der Waals surface area contributed by atoms with Crippen LogP contribution in [0.3, 0.4) is 0 Å². The summed E-state index contributed by atoms with van der Waals surface area (Å²) < 4.78 is 16.8. The predicted octanol–water partition coefficient (Wildman–Crippen LogP) is 1.11. The van der Waals surface area contributed by atoms with E-state index in [-0.39, 0.29) is 23.2 Å². The van der Waals surface area contributed by atoms with Crippen molar-refractivity contribution < 1.29 is 24.1 Å². The van der Waals surface area contributed by atoms with Gasteiger partial charge in [0.25, 0.3) is 5.79 Å². The molecule has 2 saturated heterocycles. The molecule has 0 aromatic carbocycles. The normalized spacial score (nSPS) is 46.9. The first-order valence-electron chi connectivity index (χ1n) is 6.83. The Morgan fingerprint density at radius 1 is 1.32 bits per heavy atom. The standard InChI is InChI=1S/C14H18O5/c1-13(2)4-8(15)11-7-3-14(16,19-9(11)5-13)12-17-6-10(7)18-12/h7,10,12,16H,3-6H2,1-2H3/t7-,10+,12+,14+/m1/s1. The van der Waals surface area contributed by atoms with E-state index in [2.05, 4.69) is 0 Å². The van der Waals surface area contributed by atoms with Crippen LogP contribution in [0.25, 0.3) is 0 Å². The van der Waals surface area contributed by atoms with Crippen molar-refractivity contribution in [2.45, 2.75) is 51.3 Å². The number of carbonyl (C=O) groups excluding carboxylic acids is 1. The van der Waals surface area contributed by atoms with Gasteiger partial charge in [-0.25, -0.2) is 0 Å². The molecule has 0 aromatic heterocycles. The number of rotatable bonds is 0. The minimum Gasteiger partial charge on any atom is -0.461 e. The molecule has 0 aromatic rings. The number of ether oxygens (including phenoxy) is 3. The molecule has 3 aliphatic heterocycles. The van der Waals surface area contributed by atoms with Crippen LogP contribution in [0.1, 0.15) is 33.1 Å². The van der Waals surface area contributed by atoms with Gasteiger partial charge in [0, 0.05) is 30.8 Å². The van der Waals surface area contributed by atoms with E-state index in [9.17, 15) is 9.90 Å². The van der Waals surface area contributed by atoms with Crippen LogP contribution < -0.4 is 0 Å². The van der Waals surface area contributed by atoms with Crippen molar-refractivity contribution in [3.63, 3.8) is 0 Å².